The number of aromatic carboxylic acids is 1. The SMILES string of the molecule is Cc1cc(C(=O)O)cc(C)c1OCc1cccc(Br)c1. The number of aryl methyl sites for hydroxylation is 2. The van der Waals surface area contributed by atoms with Gasteiger partial charge in [-0.3, -0.25) is 0 Å². The summed E-state index contributed by atoms with van der Waals surface area (Å²) in [6.07, 6.45) is 0. The van der Waals surface area contributed by atoms with Crippen molar-refractivity contribution in [3.05, 3.63) is 63.1 Å². The van der Waals surface area contributed by atoms with Crippen LogP contribution in [0.1, 0.15) is 27.0 Å². The zero-order valence-electron chi connectivity index (χ0n) is 11.3. The molecule has 0 aliphatic heterocycles. The Bertz CT molecular complexity index is 627. The van der Waals surface area contributed by atoms with Gasteiger partial charge < -0.3 is 9.84 Å². The number of carboxylic acid groups (broad SMARTS) is 1. The minimum atomic E-state index is -0.922. The van der Waals surface area contributed by atoms with Gasteiger partial charge in [0.15, 0.2) is 0 Å². The van der Waals surface area contributed by atoms with Gasteiger partial charge in [-0.15, -0.1) is 0 Å². The molecule has 0 radical (unpaired) electrons. The lowest BCUT2D eigenvalue weighted by Gasteiger charge is -2.13. The van der Waals surface area contributed by atoms with Crippen molar-refractivity contribution in [3.8, 4) is 5.75 Å². The third-order valence-electron chi connectivity index (χ3n) is 2.98. The van der Waals surface area contributed by atoms with Gasteiger partial charge in [-0.05, 0) is 54.8 Å². The number of hydrogen-bond acceptors (Lipinski definition) is 2. The van der Waals surface area contributed by atoms with Crippen molar-refractivity contribution in [1.29, 1.82) is 0 Å². The lowest BCUT2D eigenvalue weighted by molar-refractivity contribution is 0.0696. The van der Waals surface area contributed by atoms with E-state index in [4.69, 9.17) is 9.84 Å². The molecular weight excluding hydrogens is 320 g/mol. The average Bonchev–Trinajstić information content (AvgIpc) is 2.37. The molecule has 2 aromatic rings. The number of rotatable bonds is 4. The molecule has 0 atom stereocenters. The molecule has 1 N–H and O–H groups in total. The minimum Gasteiger partial charge on any atom is -0.488 e. The van der Waals surface area contributed by atoms with Crippen LogP contribution in [0.15, 0.2) is 40.9 Å². The molecule has 0 saturated heterocycles. The Balaban J connectivity index is 2.20. The first-order chi connectivity index (χ1) is 9.47. The van der Waals surface area contributed by atoms with Gasteiger partial charge in [-0.25, -0.2) is 4.79 Å². The summed E-state index contributed by atoms with van der Waals surface area (Å²) in [4.78, 5) is 11.0. The van der Waals surface area contributed by atoms with Crippen LogP contribution in [-0.4, -0.2) is 11.1 Å². The second-order valence-corrected chi connectivity index (χ2v) is 5.58. The van der Waals surface area contributed by atoms with Crippen LogP contribution in [0.5, 0.6) is 5.75 Å². The Morgan fingerprint density at radius 1 is 1.20 bits per heavy atom. The van der Waals surface area contributed by atoms with Crippen LogP contribution in [0.4, 0.5) is 0 Å². The van der Waals surface area contributed by atoms with Gasteiger partial charge in [0.1, 0.15) is 12.4 Å². The Labute approximate surface area is 126 Å². The summed E-state index contributed by atoms with van der Waals surface area (Å²) in [6, 6.07) is 11.2. The summed E-state index contributed by atoms with van der Waals surface area (Å²) in [5.74, 6) is -0.176. The fraction of sp³-hybridized carbons (Fsp3) is 0.188. The Kier molecular flexibility index (Phi) is 4.45. The van der Waals surface area contributed by atoms with Crippen molar-refractivity contribution in [3.63, 3.8) is 0 Å². The van der Waals surface area contributed by atoms with E-state index in [0.717, 1.165) is 26.9 Å². The lowest BCUT2D eigenvalue weighted by atomic mass is 10.1. The molecule has 0 amide bonds. The summed E-state index contributed by atoms with van der Waals surface area (Å²) in [6.45, 7) is 4.17. The number of carboxylic acids is 1. The average molecular weight is 335 g/mol. The maximum atomic E-state index is 11.0. The van der Waals surface area contributed by atoms with Gasteiger partial charge in [0, 0.05) is 4.47 Å². The Morgan fingerprint density at radius 2 is 1.85 bits per heavy atom. The Hall–Kier alpha value is -1.81. The quantitative estimate of drug-likeness (QED) is 0.904. The zero-order valence-corrected chi connectivity index (χ0v) is 12.9. The molecule has 0 aliphatic carbocycles. The van der Waals surface area contributed by atoms with E-state index < -0.39 is 5.97 Å². The van der Waals surface area contributed by atoms with Crippen molar-refractivity contribution in [2.75, 3.05) is 0 Å². The number of ether oxygens (including phenoxy) is 1. The summed E-state index contributed by atoms with van der Waals surface area (Å²) < 4.78 is 6.84. The van der Waals surface area contributed by atoms with Gasteiger partial charge in [0.05, 0.1) is 5.56 Å². The van der Waals surface area contributed by atoms with Gasteiger partial charge >= 0.3 is 5.97 Å². The number of carbonyl (C=O) groups is 1. The molecule has 3 nitrogen and oxygen atoms in total. The summed E-state index contributed by atoms with van der Waals surface area (Å²) in [5.41, 5.74) is 3.00. The summed E-state index contributed by atoms with van der Waals surface area (Å²) in [5, 5.41) is 9.02. The topological polar surface area (TPSA) is 46.5 Å². The van der Waals surface area contributed by atoms with Gasteiger partial charge in [-0.1, -0.05) is 28.1 Å². The molecule has 0 aliphatic rings. The van der Waals surface area contributed by atoms with Gasteiger partial charge in [0.25, 0.3) is 0 Å². The highest BCUT2D eigenvalue weighted by atomic mass is 79.9. The van der Waals surface area contributed by atoms with Crippen molar-refractivity contribution >= 4 is 21.9 Å². The molecule has 20 heavy (non-hydrogen) atoms. The first-order valence-electron chi connectivity index (χ1n) is 6.19. The second-order valence-electron chi connectivity index (χ2n) is 4.66. The molecule has 0 fully saturated rings. The monoisotopic (exact) mass is 334 g/mol. The van der Waals surface area contributed by atoms with Crippen LogP contribution in [0.25, 0.3) is 0 Å². The van der Waals surface area contributed by atoms with Crippen LogP contribution >= 0.6 is 15.9 Å². The maximum Gasteiger partial charge on any atom is 0.335 e. The van der Waals surface area contributed by atoms with Crippen molar-refractivity contribution in [1.82, 2.24) is 0 Å². The highest BCUT2D eigenvalue weighted by Gasteiger charge is 2.10. The third-order valence-corrected chi connectivity index (χ3v) is 3.47. The third kappa shape index (κ3) is 3.39. The predicted molar refractivity (Wildman–Crippen MR) is 81.3 cm³/mol. The molecule has 104 valence electrons. The van der Waals surface area contributed by atoms with E-state index in [2.05, 4.69) is 15.9 Å². The zero-order chi connectivity index (χ0) is 14.7. The van der Waals surface area contributed by atoms with E-state index >= 15 is 0 Å². The molecule has 2 rings (SSSR count). The van der Waals surface area contributed by atoms with E-state index in [9.17, 15) is 4.79 Å². The molecule has 0 heterocycles. The summed E-state index contributed by atoms with van der Waals surface area (Å²) in [7, 11) is 0. The fourth-order valence-electron chi connectivity index (χ4n) is 2.08. The predicted octanol–water partition coefficient (Wildman–Crippen LogP) is 4.34. The van der Waals surface area contributed by atoms with E-state index in [1.165, 1.54) is 0 Å². The van der Waals surface area contributed by atoms with E-state index in [0.29, 0.717) is 6.61 Å². The molecule has 0 spiro atoms. The smallest absolute Gasteiger partial charge is 0.335 e. The number of hydrogen-bond donors (Lipinski definition) is 1. The largest absolute Gasteiger partial charge is 0.488 e. The fourth-order valence-corrected chi connectivity index (χ4v) is 2.53. The first-order valence-corrected chi connectivity index (χ1v) is 6.98. The molecule has 0 unspecified atom stereocenters. The molecule has 0 aromatic heterocycles. The molecule has 2 aromatic carbocycles. The van der Waals surface area contributed by atoms with Gasteiger partial charge in [-0.2, -0.15) is 0 Å². The van der Waals surface area contributed by atoms with Crippen molar-refractivity contribution in [2.45, 2.75) is 20.5 Å². The highest BCUT2D eigenvalue weighted by molar-refractivity contribution is 9.10. The minimum absolute atomic E-state index is 0.287. The maximum absolute atomic E-state index is 11.0. The number of halogens is 1. The molecule has 4 heteroatoms. The normalized spacial score (nSPS) is 10.3. The van der Waals surface area contributed by atoms with Crippen molar-refractivity contribution < 1.29 is 14.6 Å². The standard InChI is InChI=1S/C16H15BrO3/c1-10-6-13(16(18)19)7-11(2)15(10)20-9-12-4-3-5-14(17)8-12/h3-8H,9H2,1-2H3,(H,18,19). The van der Waals surface area contributed by atoms with Gasteiger partial charge in [0.2, 0.25) is 0 Å². The molecule has 0 saturated carbocycles. The van der Waals surface area contributed by atoms with E-state index in [1.54, 1.807) is 12.1 Å². The van der Waals surface area contributed by atoms with Crippen LogP contribution in [0.3, 0.4) is 0 Å². The lowest BCUT2D eigenvalue weighted by Crippen LogP contribution is -2.03. The first kappa shape index (κ1) is 14.6. The second kappa shape index (κ2) is 6.09. The van der Waals surface area contributed by atoms with Crippen LogP contribution in [0, 0.1) is 13.8 Å². The Morgan fingerprint density at radius 3 is 2.40 bits per heavy atom. The molecule has 0 bridgehead atoms. The highest BCUT2D eigenvalue weighted by Crippen LogP contribution is 2.26. The molecular formula is C16H15BrO3. The van der Waals surface area contributed by atoms with E-state index in [1.807, 2.05) is 38.1 Å². The van der Waals surface area contributed by atoms with Crippen LogP contribution < -0.4 is 4.74 Å². The van der Waals surface area contributed by atoms with Crippen LogP contribution in [-0.2, 0) is 6.61 Å². The number of benzene rings is 2. The summed E-state index contributed by atoms with van der Waals surface area (Å²) >= 11 is 3.42. The van der Waals surface area contributed by atoms with E-state index in [-0.39, 0.29) is 5.56 Å². The van der Waals surface area contributed by atoms with Crippen molar-refractivity contribution in [2.24, 2.45) is 0 Å². The van der Waals surface area contributed by atoms with Crippen LogP contribution in [0.2, 0.25) is 0 Å².